The first-order valence-corrected chi connectivity index (χ1v) is 5.24. The van der Waals surface area contributed by atoms with E-state index >= 15 is 0 Å². The molecule has 0 heterocycles. The number of aliphatic hydroxyl groups is 1. The van der Waals surface area contributed by atoms with Crippen molar-refractivity contribution in [2.24, 2.45) is 5.73 Å². The minimum Gasteiger partial charge on any atom is -0.510 e. The summed E-state index contributed by atoms with van der Waals surface area (Å²) in [5.74, 6) is 1.24. The number of hydrogen-bond acceptors (Lipinski definition) is 3. The third kappa shape index (κ3) is 2.11. The molecule has 0 aromatic carbocycles. The highest BCUT2D eigenvalue weighted by atomic mass is 35.5. The van der Waals surface area contributed by atoms with Crippen LogP contribution in [0.2, 0.25) is 0 Å². The monoisotopic (exact) mass is 205 g/mol. The van der Waals surface area contributed by atoms with Gasteiger partial charge in [-0.25, -0.2) is 0 Å². The number of allylic oxidation sites excluding steroid dienone is 2. The topological polar surface area (TPSA) is 46.2 Å². The van der Waals surface area contributed by atoms with E-state index in [0.717, 1.165) is 10.8 Å². The molecule has 0 aliphatic heterocycles. The fourth-order valence-corrected chi connectivity index (χ4v) is 2.34. The second kappa shape index (κ2) is 4.10. The van der Waals surface area contributed by atoms with Crippen molar-refractivity contribution < 1.29 is 5.11 Å². The van der Waals surface area contributed by atoms with Gasteiger partial charge in [-0.05, 0) is 11.8 Å². The van der Waals surface area contributed by atoms with E-state index in [0.29, 0.717) is 12.1 Å². The summed E-state index contributed by atoms with van der Waals surface area (Å²) in [5.41, 5.74) is 5.88. The van der Waals surface area contributed by atoms with E-state index in [1.54, 1.807) is 17.8 Å². The summed E-state index contributed by atoms with van der Waals surface area (Å²) in [5, 5.41) is 10.2. The van der Waals surface area contributed by atoms with Crippen molar-refractivity contribution in [1.29, 1.82) is 0 Å². The summed E-state index contributed by atoms with van der Waals surface area (Å²) in [7, 11) is 0. The van der Waals surface area contributed by atoms with Crippen LogP contribution >= 0.6 is 23.4 Å². The smallest absolute Gasteiger partial charge is 0.117 e. The Bertz CT molecular complexity index is 237. The molecule has 0 spiro atoms. The van der Waals surface area contributed by atoms with Crippen LogP contribution in [0.25, 0.3) is 0 Å². The zero-order valence-electron chi connectivity index (χ0n) is 6.88. The quantitative estimate of drug-likeness (QED) is 0.728. The average Bonchev–Trinajstić information content (AvgIpc) is 2.01. The van der Waals surface area contributed by atoms with Gasteiger partial charge in [-0.1, -0.05) is 18.5 Å². The van der Waals surface area contributed by atoms with E-state index in [4.69, 9.17) is 17.3 Å². The van der Waals surface area contributed by atoms with Crippen molar-refractivity contribution in [3.8, 4) is 0 Å². The Morgan fingerprint density at radius 2 is 2.50 bits per heavy atom. The van der Waals surface area contributed by atoms with Gasteiger partial charge in [0.15, 0.2) is 0 Å². The molecule has 1 aliphatic rings. The number of rotatable bonds is 2. The minimum atomic E-state index is 0.184. The van der Waals surface area contributed by atoms with Gasteiger partial charge in [0.05, 0.1) is 5.70 Å². The van der Waals surface area contributed by atoms with Gasteiger partial charge in [0.25, 0.3) is 0 Å². The minimum absolute atomic E-state index is 0.184. The predicted molar refractivity (Wildman–Crippen MR) is 54.3 cm³/mol. The molecular formula is C8H12ClNOS. The number of thioether (sulfide) groups is 1. The largest absolute Gasteiger partial charge is 0.510 e. The average molecular weight is 206 g/mol. The highest BCUT2D eigenvalue weighted by Gasteiger charge is 2.20. The molecule has 68 valence electrons. The van der Waals surface area contributed by atoms with Gasteiger partial charge in [0.2, 0.25) is 0 Å². The second-order valence-electron chi connectivity index (χ2n) is 2.58. The molecule has 0 radical (unpaired) electrons. The van der Waals surface area contributed by atoms with E-state index < -0.39 is 0 Å². The van der Waals surface area contributed by atoms with Crippen LogP contribution in [0.4, 0.5) is 0 Å². The summed E-state index contributed by atoms with van der Waals surface area (Å²) in [6.07, 6.45) is 2.19. The Hall–Kier alpha value is -0.280. The van der Waals surface area contributed by atoms with Gasteiger partial charge in [-0.3, -0.25) is 0 Å². The van der Waals surface area contributed by atoms with Crippen molar-refractivity contribution in [3.63, 3.8) is 0 Å². The van der Waals surface area contributed by atoms with Crippen LogP contribution in [-0.4, -0.2) is 16.1 Å². The van der Waals surface area contributed by atoms with Gasteiger partial charge >= 0.3 is 0 Å². The molecule has 1 unspecified atom stereocenters. The first-order chi connectivity index (χ1) is 5.65. The standard InChI is InChI=1S/C8H12ClNOS/c1-2-12-8-4-7(11)6(10)3-5(8)9/h3,8,11H,2,4,10H2,1H3. The Morgan fingerprint density at radius 3 is 3.08 bits per heavy atom. The van der Waals surface area contributed by atoms with Crippen LogP contribution in [-0.2, 0) is 0 Å². The lowest BCUT2D eigenvalue weighted by Gasteiger charge is -2.19. The number of hydrogen-bond donors (Lipinski definition) is 2. The van der Waals surface area contributed by atoms with Crippen LogP contribution in [0.15, 0.2) is 22.6 Å². The number of halogens is 1. The molecule has 0 amide bonds. The SMILES string of the molecule is CCSC1CC(O)=C(N)C=C1Cl. The fraction of sp³-hybridized carbons (Fsp3) is 0.500. The van der Waals surface area contributed by atoms with E-state index in [2.05, 4.69) is 6.92 Å². The van der Waals surface area contributed by atoms with Crippen LogP contribution in [0, 0.1) is 0 Å². The van der Waals surface area contributed by atoms with E-state index in [-0.39, 0.29) is 11.0 Å². The fourth-order valence-electron chi connectivity index (χ4n) is 1.06. The summed E-state index contributed by atoms with van der Waals surface area (Å²) < 4.78 is 0. The Balaban J connectivity index is 2.71. The zero-order chi connectivity index (χ0) is 9.14. The molecule has 0 aromatic rings. The van der Waals surface area contributed by atoms with Crippen molar-refractivity contribution in [2.75, 3.05) is 5.75 Å². The molecule has 1 rings (SSSR count). The Labute approximate surface area is 81.5 Å². The Morgan fingerprint density at radius 1 is 1.83 bits per heavy atom. The summed E-state index contributed by atoms with van der Waals surface area (Å²) in [6.45, 7) is 2.06. The molecule has 2 nitrogen and oxygen atoms in total. The van der Waals surface area contributed by atoms with Gasteiger partial charge in [0.1, 0.15) is 5.76 Å². The van der Waals surface area contributed by atoms with E-state index in [1.165, 1.54) is 0 Å². The molecule has 0 bridgehead atoms. The molecule has 0 saturated heterocycles. The molecule has 12 heavy (non-hydrogen) atoms. The Kier molecular flexibility index (Phi) is 3.35. The highest BCUT2D eigenvalue weighted by Crippen LogP contribution is 2.32. The second-order valence-corrected chi connectivity index (χ2v) is 4.50. The zero-order valence-corrected chi connectivity index (χ0v) is 8.45. The van der Waals surface area contributed by atoms with Crippen molar-refractivity contribution >= 4 is 23.4 Å². The summed E-state index contributed by atoms with van der Waals surface area (Å²) in [6, 6.07) is 0. The third-order valence-corrected chi connectivity index (χ3v) is 3.34. The van der Waals surface area contributed by atoms with Crippen molar-refractivity contribution in [1.82, 2.24) is 0 Å². The van der Waals surface area contributed by atoms with Gasteiger partial charge in [-0.15, -0.1) is 0 Å². The van der Waals surface area contributed by atoms with Crippen LogP contribution < -0.4 is 5.73 Å². The molecule has 4 heteroatoms. The maximum absolute atomic E-state index is 9.33. The maximum Gasteiger partial charge on any atom is 0.117 e. The predicted octanol–water partition coefficient (Wildman–Crippen LogP) is 2.36. The van der Waals surface area contributed by atoms with Gasteiger partial charge in [-0.2, -0.15) is 11.8 Å². The molecule has 0 saturated carbocycles. The van der Waals surface area contributed by atoms with Gasteiger partial charge < -0.3 is 10.8 Å². The molecular weight excluding hydrogens is 194 g/mol. The van der Waals surface area contributed by atoms with Gasteiger partial charge in [0, 0.05) is 16.7 Å². The lowest BCUT2D eigenvalue weighted by Crippen LogP contribution is -2.14. The summed E-state index contributed by atoms with van der Waals surface area (Å²) >= 11 is 7.65. The van der Waals surface area contributed by atoms with Crippen LogP contribution in [0.5, 0.6) is 0 Å². The lowest BCUT2D eigenvalue weighted by atomic mass is 10.1. The number of nitrogens with two attached hydrogens (primary N) is 1. The first-order valence-electron chi connectivity index (χ1n) is 3.81. The molecule has 1 atom stereocenters. The molecule has 0 aromatic heterocycles. The van der Waals surface area contributed by atoms with E-state index in [1.807, 2.05) is 0 Å². The maximum atomic E-state index is 9.33. The highest BCUT2D eigenvalue weighted by molar-refractivity contribution is 8.00. The first kappa shape index (κ1) is 9.81. The number of aliphatic hydroxyl groups excluding tert-OH is 1. The third-order valence-electron chi connectivity index (χ3n) is 1.68. The van der Waals surface area contributed by atoms with Crippen molar-refractivity contribution in [3.05, 3.63) is 22.6 Å². The lowest BCUT2D eigenvalue weighted by molar-refractivity contribution is 0.382. The molecule has 3 N–H and O–H groups in total. The van der Waals surface area contributed by atoms with Crippen LogP contribution in [0.3, 0.4) is 0 Å². The summed E-state index contributed by atoms with van der Waals surface area (Å²) in [4.78, 5) is 0. The van der Waals surface area contributed by atoms with Crippen LogP contribution in [0.1, 0.15) is 13.3 Å². The van der Waals surface area contributed by atoms with Crippen molar-refractivity contribution in [2.45, 2.75) is 18.6 Å². The van der Waals surface area contributed by atoms with E-state index in [9.17, 15) is 5.11 Å². The molecule has 1 aliphatic carbocycles. The normalized spacial score (nSPS) is 24.2. The molecule has 0 fully saturated rings.